The number of Topliss-reactive ketones (excluding diaryl/α,β-unsaturated/α-hetero) is 1. The minimum atomic E-state index is -8.52. The van der Waals surface area contributed by atoms with Gasteiger partial charge in [0.15, 0.2) is 7.14 Å². The molecule has 39 heavy (non-hydrogen) atoms. The van der Waals surface area contributed by atoms with Crippen LogP contribution in [0.25, 0.3) is 0 Å². The summed E-state index contributed by atoms with van der Waals surface area (Å²) in [5.74, 6) is -52.1. The fraction of sp³-hybridized carbons (Fsp3) is 0.381. The summed E-state index contributed by atoms with van der Waals surface area (Å²) >= 11 is 0. The molecule has 0 N–H and O–H groups in total. The van der Waals surface area contributed by atoms with E-state index in [1.807, 2.05) is 0 Å². The van der Waals surface area contributed by atoms with Crippen LogP contribution >= 0.6 is 7.14 Å². The van der Waals surface area contributed by atoms with E-state index in [9.17, 15) is 75.2 Å². The normalized spacial score (nSPS) is 14.8. The molecule has 2 rings (SSSR count). The molecule has 2 aromatic rings. The van der Waals surface area contributed by atoms with Crippen LogP contribution in [0.15, 0.2) is 60.7 Å². The molecule has 0 aromatic heterocycles. The molecule has 0 heterocycles. The molecule has 0 saturated carbocycles. The van der Waals surface area contributed by atoms with E-state index in [4.69, 9.17) is 0 Å². The maximum atomic E-state index is 14.4. The molecule has 18 heteroatoms. The molecule has 0 aliphatic heterocycles. The van der Waals surface area contributed by atoms with Gasteiger partial charge in [-0.15, -0.1) is 0 Å². The Morgan fingerprint density at radius 1 is 0.513 bits per heavy atom. The van der Waals surface area contributed by atoms with E-state index in [-0.39, 0.29) is 0 Å². The Labute approximate surface area is 208 Å². The number of hydrogen-bond acceptors (Lipinski definition) is 2. The minimum Gasteiger partial charge on any atom is -0.313 e. The summed E-state index contributed by atoms with van der Waals surface area (Å²) in [6.07, 6.45) is -10.0. The Balaban J connectivity index is 2.62. The minimum absolute atomic E-state index is 0.517. The van der Waals surface area contributed by atoms with Crippen molar-refractivity contribution in [3.05, 3.63) is 60.7 Å². The Bertz CT molecular complexity index is 1180. The zero-order chi connectivity index (χ0) is 30.5. The highest BCUT2D eigenvalue weighted by Crippen LogP contribution is 2.62. The van der Waals surface area contributed by atoms with Crippen molar-refractivity contribution in [3.63, 3.8) is 0 Å². The highest BCUT2D eigenvalue weighted by molar-refractivity contribution is 7.79. The van der Waals surface area contributed by atoms with Gasteiger partial charge in [0.25, 0.3) is 0 Å². The number of carbonyl (C=O) groups excluding carboxylic acids is 1. The Hall–Kier alpha value is -2.71. The van der Waals surface area contributed by atoms with Crippen molar-refractivity contribution in [2.45, 2.75) is 41.7 Å². The monoisotopic (exact) mass is 612 g/mol. The molecule has 0 aliphatic rings. The van der Waals surface area contributed by atoms with Gasteiger partial charge in [-0.3, -0.25) is 4.79 Å². The van der Waals surface area contributed by atoms with Crippen LogP contribution in [0.4, 0.5) is 65.9 Å². The molecule has 0 fully saturated rings. The molecule has 0 aliphatic carbocycles. The van der Waals surface area contributed by atoms with E-state index in [0.717, 1.165) is 48.5 Å². The van der Waals surface area contributed by atoms with E-state index >= 15 is 0 Å². The summed E-state index contributed by atoms with van der Waals surface area (Å²) in [7, 11) is -4.83. The summed E-state index contributed by atoms with van der Waals surface area (Å²) < 4.78 is 215. The van der Waals surface area contributed by atoms with E-state index < -0.39 is 71.4 Å². The van der Waals surface area contributed by atoms with Crippen LogP contribution in [0.3, 0.4) is 0 Å². The maximum absolute atomic E-state index is 14.4. The molecule has 0 amide bonds. The third kappa shape index (κ3) is 4.80. The second-order valence-corrected chi connectivity index (χ2v) is 10.8. The summed E-state index contributed by atoms with van der Waals surface area (Å²) in [5, 5.41) is -1.03. The van der Waals surface area contributed by atoms with Gasteiger partial charge in [-0.25, -0.2) is 0 Å². The summed E-state index contributed by atoms with van der Waals surface area (Å²) in [5.41, 5.74) is 0. The third-order valence-electron chi connectivity index (χ3n) is 5.39. The van der Waals surface area contributed by atoms with Gasteiger partial charge < -0.3 is 4.57 Å². The van der Waals surface area contributed by atoms with Gasteiger partial charge in [0.05, 0.1) is 6.16 Å². The van der Waals surface area contributed by atoms with Crippen molar-refractivity contribution in [2.75, 3.05) is 6.16 Å². The average Bonchev–Trinajstić information content (AvgIpc) is 2.83. The quantitative estimate of drug-likeness (QED) is 0.215. The second-order valence-electron chi connectivity index (χ2n) is 7.94. The molecule has 2 nitrogen and oxygen atoms in total. The lowest BCUT2D eigenvalue weighted by molar-refractivity contribution is -0.449. The van der Waals surface area contributed by atoms with Gasteiger partial charge in [0, 0.05) is 10.6 Å². The first-order valence-corrected chi connectivity index (χ1v) is 11.8. The molecule has 0 atom stereocenters. The van der Waals surface area contributed by atoms with E-state index in [0.29, 0.717) is 0 Å². The molecule has 218 valence electrons. The van der Waals surface area contributed by atoms with Gasteiger partial charge in [0.1, 0.15) is 0 Å². The largest absolute Gasteiger partial charge is 0.460 e. The van der Waals surface area contributed by atoms with Crippen LogP contribution < -0.4 is 10.6 Å². The first kappa shape index (κ1) is 32.5. The SMILES string of the molecule is O=C(CP(=O)(c1ccccc1)c1ccccc1)C(F)(F)C(F)(F)C(F)(F)C(F)(F)C(F)(F)C(F)(F)C(F)(F)F. The van der Waals surface area contributed by atoms with Crippen molar-refractivity contribution in [3.8, 4) is 0 Å². The lowest BCUT2D eigenvalue weighted by atomic mass is 9.90. The number of rotatable bonds is 10. The highest BCUT2D eigenvalue weighted by Gasteiger charge is 2.93. The van der Waals surface area contributed by atoms with Crippen LogP contribution in [-0.4, -0.2) is 53.7 Å². The Morgan fingerprint density at radius 3 is 1.15 bits per heavy atom. The molecule has 2 aromatic carbocycles. The summed E-state index contributed by atoms with van der Waals surface area (Å²) in [4.78, 5) is 12.2. The topological polar surface area (TPSA) is 34.1 Å². The van der Waals surface area contributed by atoms with Crippen molar-refractivity contribution in [1.82, 2.24) is 0 Å². The molecular formula is C21H12F15O2P. The average molecular weight is 612 g/mol. The second kappa shape index (κ2) is 9.73. The van der Waals surface area contributed by atoms with Crippen molar-refractivity contribution in [2.24, 2.45) is 0 Å². The molecule has 0 radical (unpaired) electrons. The predicted octanol–water partition coefficient (Wildman–Crippen LogP) is 6.94. The summed E-state index contributed by atoms with van der Waals surface area (Å²) in [6.45, 7) is 0. The molecule has 0 saturated heterocycles. The molecule has 0 spiro atoms. The van der Waals surface area contributed by atoms with Crippen LogP contribution in [-0.2, 0) is 9.36 Å². The molecular weight excluding hydrogens is 600 g/mol. The number of alkyl halides is 15. The van der Waals surface area contributed by atoms with Crippen molar-refractivity contribution < 1.29 is 75.2 Å². The number of benzene rings is 2. The number of ketones is 1. The van der Waals surface area contributed by atoms with E-state index in [2.05, 4.69) is 0 Å². The van der Waals surface area contributed by atoms with Crippen LogP contribution in [0.1, 0.15) is 0 Å². The Morgan fingerprint density at radius 2 is 0.821 bits per heavy atom. The Kier molecular flexibility index (Phi) is 8.11. The zero-order valence-electron chi connectivity index (χ0n) is 18.4. The van der Waals surface area contributed by atoms with Gasteiger partial charge in [-0.05, 0) is 0 Å². The summed E-state index contributed by atoms with van der Waals surface area (Å²) in [6, 6.07) is 10.6. The molecule has 0 unspecified atom stereocenters. The van der Waals surface area contributed by atoms with Gasteiger partial charge in [-0.2, -0.15) is 65.9 Å². The smallest absolute Gasteiger partial charge is 0.313 e. The van der Waals surface area contributed by atoms with Gasteiger partial charge >= 0.3 is 41.7 Å². The number of carbonyl (C=O) groups is 1. The number of hydrogen-bond donors (Lipinski definition) is 0. The standard InChI is InChI=1S/C21H12F15O2P/c22-15(23,14(37)11-39(38,12-7-3-1-4-8-12)13-9-5-2-6-10-13)16(24,25)17(26,27)18(28,29)19(30,31)20(32,33)21(34,35)36/h1-10H,11H2. The lowest BCUT2D eigenvalue weighted by Crippen LogP contribution is -2.73. The fourth-order valence-electron chi connectivity index (χ4n) is 3.11. The lowest BCUT2D eigenvalue weighted by Gasteiger charge is -2.41. The predicted molar refractivity (Wildman–Crippen MR) is 105 cm³/mol. The first-order valence-electron chi connectivity index (χ1n) is 9.91. The van der Waals surface area contributed by atoms with Gasteiger partial charge in [0.2, 0.25) is 5.78 Å². The first-order chi connectivity index (χ1) is 17.3. The van der Waals surface area contributed by atoms with E-state index in [1.165, 1.54) is 12.1 Å². The van der Waals surface area contributed by atoms with Crippen molar-refractivity contribution >= 4 is 23.5 Å². The zero-order valence-corrected chi connectivity index (χ0v) is 19.3. The van der Waals surface area contributed by atoms with Crippen LogP contribution in [0.5, 0.6) is 0 Å². The fourth-order valence-corrected chi connectivity index (χ4v) is 5.69. The van der Waals surface area contributed by atoms with Gasteiger partial charge in [-0.1, -0.05) is 60.7 Å². The van der Waals surface area contributed by atoms with E-state index in [1.54, 1.807) is 0 Å². The van der Waals surface area contributed by atoms with Crippen LogP contribution in [0, 0.1) is 0 Å². The number of halogens is 15. The molecule has 0 bridgehead atoms. The highest BCUT2D eigenvalue weighted by atomic mass is 31.2. The maximum Gasteiger partial charge on any atom is 0.460 e. The third-order valence-corrected chi connectivity index (χ3v) is 8.39. The van der Waals surface area contributed by atoms with Crippen molar-refractivity contribution in [1.29, 1.82) is 0 Å². The van der Waals surface area contributed by atoms with Crippen LogP contribution in [0.2, 0.25) is 0 Å².